The maximum atomic E-state index is 12.5. The molecule has 2 aromatic heterocycles. The number of rotatable bonds is 2. The number of carbonyl (C=O) groups is 1. The lowest BCUT2D eigenvalue weighted by Crippen LogP contribution is -2.21. The quantitative estimate of drug-likeness (QED) is 0.697. The number of hydrogen-bond acceptors (Lipinski definition) is 4. The van der Waals surface area contributed by atoms with Gasteiger partial charge >= 0.3 is 5.63 Å². The molecule has 0 saturated carbocycles. The Labute approximate surface area is 140 Å². The normalized spacial score (nSPS) is 11.0. The van der Waals surface area contributed by atoms with Crippen LogP contribution >= 0.6 is 15.9 Å². The molecule has 0 spiro atoms. The van der Waals surface area contributed by atoms with Gasteiger partial charge in [-0.2, -0.15) is 5.10 Å². The molecular formula is C16H14BrN3O3. The van der Waals surface area contributed by atoms with E-state index in [0.717, 1.165) is 10.2 Å². The van der Waals surface area contributed by atoms with Gasteiger partial charge in [0.05, 0.1) is 17.1 Å². The molecule has 6 nitrogen and oxygen atoms in total. The van der Waals surface area contributed by atoms with E-state index in [1.54, 1.807) is 36.9 Å². The summed E-state index contributed by atoms with van der Waals surface area (Å²) in [6, 6.07) is 6.77. The number of aryl methyl sites for hydroxylation is 2. The van der Waals surface area contributed by atoms with Gasteiger partial charge in [0, 0.05) is 16.9 Å². The number of nitrogens with zero attached hydrogens (tertiary/aromatic N) is 2. The summed E-state index contributed by atoms with van der Waals surface area (Å²) in [4.78, 5) is 24.5. The molecule has 0 radical (unpaired) electrons. The SMILES string of the molecule is Cc1nn(C)c(C)c1NC(=O)c1cc2cc(Br)ccc2oc1=O. The molecule has 23 heavy (non-hydrogen) atoms. The van der Waals surface area contributed by atoms with Crippen LogP contribution in [-0.4, -0.2) is 15.7 Å². The molecule has 1 amide bonds. The summed E-state index contributed by atoms with van der Waals surface area (Å²) in [6.45, 7) is 3.64. The fourth-order valence-corrected chi connectivity index (χ4v) is 2.77. The minimum absolute atomic E-state index is 0.0433. The van der Waals surface area contributed by atoms with Crippen molar-refractivity contribution in [2.75, 3.05) is 5.32 Å². The van der Waals surface area contributed by atoms with Crippen LogP contribution in [0.5, 0.6) is 0 Å². The van der Waals surface area contributed by atoms with Gasteiger partial charge in [-0.3, -0.25) is 9.48 Å². The van der Waals surface area contributed by atoms with Crippen molar-refractivity contribution in [1.82, 2.24) is 9.78 Å². The third-order valence-corrected chi connectivity index (χ3v) is 4.18. The van der Waals surface area contributed by atoms with Gasteiger partial charge < -0.3 is 9.73 Å². The molecule has 118 valence electrons. The highest BCUT2D eigenvalue weighted by molar-refractivity contribution is 9.10. The number of hydrogen-bond donors (Lipinski definition) is 1. The van der Waals surface area contributed by atoms with E-state index < -0.39 is 11.5 Å². The number of anilines is 1. The van der Waals surface area contributed by atoms with E-state index in [2.05, 4.69) is 26.3 Å². The zero-order valence-electron chi connectivity index (χ0n) is 12.8. The van der Waals surface area contributed by atoms with E-state index in [1.165, 1.54) is 6.07 Å². The highest BCUT2D eigenvalue weighted by Gasteiger charge is 2.18. The van der Waals surface area contributed by atoms with Crippen LogP contribution in [0.1, 0.15) is 21.7 Å². The second-order valence-corrected chi connectivity index (χ2v) is 6.17. The summed E-state index contributed by atoms with van der Waals surface area (Å²) in [5, 5.41) is 7.65. The Kier molecular flexibility index (Phi) is 3.81. The third kappa shape index (κ3) is 2.79. The predicted molar refractivity (Wildman–Crippen MR) is 90.8 cm³/mol. The first-order chi connectivity index (χ1) is 10.9. The Bertz CT molecular complexity index is 988. The van der Waals surface area contributed by atoms with Crippen LogP contribution < -0.4 is 10.9 Å². The highest BCUT2D eigenvalue weighted by atomic mass is 79.9. The molecule has 1 N–H and O–H groups in total. The number of benzene rings is 1. The van der Waals surface area contributed by atoms with Crippen LogP contribution in [-0.2, 0) is 7.05 Å². The zero-order valence-corrected chi connectivity index (χ0v) is 14.4. The minimum Gasteiger partial charge on any atom is -0.422 e. The Morgan fingerprint density at radius 2 is 2.04 bits per heavy atom. The van der Waals surface area contributed by atoms with E-state index >= 15 is 0 Å². The fourth-order valence-electron chi connectivity index (χ4n) is 2.39. The molecule has 0 atom stereocenters. The van der Waals surface area contributed by atoms with Crippen molar-refractivity contribution in [3.63, 3.8) is 0 Å². The highest BCUT2D eigenvalue weighted by Crippen LogP contribution is 2.21. The van der Waals surface area contributed by atoms with Crippen molar-refractivity contribution < 1.29 is 9.21 Å². The molecule has 0 aliphatic rings. The second-order valence-electron chi connectivity index (χ2n) is 5.25. The van der Waals surface area contributed by atoms with Gasteiger partial charge in [-0.05, 0) is 38.1 Å². The number of aromatic nitrogens is 2. The zero-order chi connectivity index (χ0) is 16.7. The molecule has 0 fully saturated rings. The molecule has 0 aliphatic heterocycles. The van der Waals surface area contributed by atoms with E-state index in [4.69, 9.17) is 4.42 Å². The van der Waals surface area contributed by atoms with Gasteiger partial charge in [0.1, 0.15) is 11.1 Å². The summed E-state index contributed by atoms with van der Waals surface area (Å²) < 4.78 is 7.72. The molecule has 0 unspecified atom stereocenters. The maximum absolute atomic E-state index is 12.5. The van der Waals surface area contributed by atoms with Crippen LogP contribution in [0.4, 0.5) is 5.69 Å². The first-order valence-electron chi connectivity index (χ1n) is 6.92. The van der Waals surface area contributed by atoms with Gasteiger partial charge in [-0.15, -0.1) is 0 Å². The lowest BCUT2D eigenvalue weighted by atomic mass is 10.1. The fraction of sp³-hybridized carbons (Fsp3) is 0.188. The van der Waals surface area contributed by atoms with E-state index in [1.807, 2.05) is 6.92 Å². The summed E-state index contributed by atoms with van der Waals surface area (Å²) in [5.41, 5.74) is 1.82. The summed E-state index contributed by atoms with van der Waals surface area (Å²) in [6.07, 6.45) is 0. The Morgan fingerprint density at radius 1 is 1.30 bits per heavy atom. The minimum atomic E-state index is -0.670. The maximum Gasteiger partial charge on any atom is 0.349 e. The van der Waals surface area contributed by atoms with Gasteiger partial charge in [0.2, 0.25) is 0 Å². The van der Waals surface area contributed by atoms with Gasteiger partial charge in [-0.25, -0.2) is 4.79 Å². The number of nitrogens with one attached hydrogen (secondary N) is 1. The number of amides is 1. The number of carbonyl (C=O) groups excluding carboxylic acids is 1. The molecule has 3 rings (SSSR count). The van der Waals surface area contributed by atoms with Crippen molar-refractivity contribution >= 4 is 38.5 Å². The Morgan fingerprint density at radius 3 is 2.70 bits per heavy atom. The number of halogens is 1. The van der Waals surface area contributed by atoms with Crippen LogP contribution in [0.2, 0.25) is 0 Å². The standard InChI is InChI=1S/C16H14BrN3O3/c1-8-14(9(2)20(3)19-8)18-15(21)12-7-10-6-11(17)4-5-13(10)23-16(12)22/h4-7H,1-3H3,(H,18,21). The van der Waals surface area contributed by atoms with Crippen LogP contribution in [0.3, 0.4) is 0 Å². The summed E-state index contributed by atoms with van der Waals surface area (Å²) >= 11 is 3.36. The molecule has 3 aromatic rings. The van der Waals surface area contributed by atoms with E-state index in [-0.39, 0.29) is 5.56 Å². The molecule has 2 heterocycles. The van der Waals surface area contributed by atoms with E-state index in [9.17, 15) is 9.59 Å². The van der Waals surface area contributed by atoms with Crippen LogP contribution in [0.15, 0.2) is 37.9 Å². The summed E-state index contributed by atoms with van der Waals surface area (Å²) in [7, 11) is 1.79. The molecular weight excluding hydrogens is 362 g/mol. The van der Waals surface area contributed by atoms with Crippen molar-refractivity contribution in [3.8, 4) is 0 Å². The third-order valence-electron chi connectivity index (χ3n) is 3.69. The largest absolute Gasteiger partial charge is 0.422 e. The molecule has 1 aromatic carbocycles. The molecule has 0 bridgehead atoms. The Balaban J connectivity index is 2.03. The lowest BCUT2D eigenvalue weighted by Gasteiger charge is -2.06. The van der Waals surface area contributed by atoms with Crippen molar-refractivity contribution in [3.05, 3.63) is 56.1 Å². The van der Waals surface area contributed by atoms with Crippen LogP contribution in [0, 0.1) is 13.8 Å². The molecule has 0 saturated heterocycles. The lowest BCUT2D eigenvalue weighted by molar-refractivity contribution is 0.102. The Hall–Kier alpha value is -2.41. The second kappa shape index (κ2) is 5.66. The monoisotopic (exact) mass is 375 g/mol. The predicted octanol–water partition coefficient (Wildman–Crippen LogP) is 3.16. The number of fused-ring (bicyclic) bond motifs is 1. The van der Waals surface area contributed by atoms with Crippen molar-refractivity contribution in [1.29, 1.82) is 0 Å². The average molecular weight is 376 g/mol. The summed E-state index contributed by atoms with van der Waals surface area (Å²) in [5.74, 6) is -0.514. The van der Waals surface area contributed by atoms with Crippen molar-refractivity contribution in [2.24, 2.45) is 7.05 Å². The molecule has 0 aliphatic carbocycles. The van der Waals surface area contributed by atoms with Crippen LogP contribution in [0.25, 0.3) is 11.0 Å². The molecule has 7 heteroatoms. The van der Waals surface area contributed by atoms with Crippen molar-refractivity contribution in [2.45, 2.75) is 13.8 Å². The first-order valence-corrected chi connectivity index (χ1v) is 7.71. The van der Waals surface area contributed by atoms with Gasteiger partial charge in [0.15, 0.2) is 0 Å². The first kappa shape index (κ1) is 15.5. The average Bonchev–Trinajstić information content (AvgIpc) is 2.73. The van der Waals surface area contributed by atoms with E-state index in [0.29, 0.717) is 22.4 Å². The smallest absolute Gasteiger partial charge is 0.349 e. The van der Waals surface area contributed by atoms with Gasteiger partial charge in [-0.1, -0.05) is 15.9 Å². The topological polar surface area (TPSA) is 77.1 Å². The van der Waals surface area contributed by atoms with Gasteiger partial charge in [0.25, 0.3) is 5.91 Å².